The standard InChI is InChI=1S/C19H25BrN3/c1-3-23(4-2)16-8-6-15(7-9-16)22-19-11-12-21-18-10-5-14(20)13-17(18)19/h5,10,12-13,15-16H,3-4,6-9H2,1-2H3,(H,21,22). The smallest absolute Gasteiger partial charge is 0.0724 e. The monoisotopic (exact) mass is 374 g/mol. The van der Waals surface area contributed by atoms with Crippen LogP contribution in [0, 0.1) is 6.07 Å². The van der Waals surface area contributed by atoms with E-state index in [0.29, 0.717) is 6.04 Å². The number of nitrogens with zero attached hydrogens (tertiary/aromatic N) is 2. The molecule has 0 aliphatic heterocycles. The highest BCUT2D eigenvalue weighted by atomic mass is 79.9. The van der Waals surface area contributed by atoms with Crippen LogP contribution in [-0.4, -0.2) is 35.1 Å². The molecule has 0 spiro atoms. The minimum Gasteiger partial charge on any atom is -0.381 e. The van der Waals surface area contributed by atoms with Crippen LogP contribution in [0.2, 0.25) is 0 Å². The van der Waals surface area contributed by atoms with E-state index in [-0.39, 0.29) is 0 Å². The topological polar surface area (TPSA) is 28.2 Å². The van der Waals surface area contributed by atoms with E-state index < -0.39 is 0 Å². The third-order valence-corrected chi connectivity index (χ3v) is 5.51. The Balaban J connectivity index is 1.68. The Kier molecular flexibility index (Phi) is 5.54. The van der Waals surface area contributed by atoms with Gasteiger partial charge in [-0.25, -0.2) is 0 Å². The first-order valence-electron chi connectivity index (χ1n) is 8.67. The minimum atomic E-state index is 0.544. The number of hydrogen-bond donors (Lipinski definition) is 1. The van der Waals surface area contributed by atoms with Gasteiger partial charge >= 0.3 is 0 Å². The highest BCUT2D eigenvalue weighted by molar-refractivity contribution is 9.10. The number of rotatable bonds is 5. The number of benzene rings is 1. The summed E-state index contributed by atoms with van der Waals surface area (Å²) in [6, 6.07) is 10.8. The van der Waals surface area contributed by atoms with Crippen molar-refractivity contribution in [2.45, 2.75) is 51.6 Å². The third-order valence-electron chi connectivity index (χ3n) is 5.01. The molecule has 1 aromatic carbocycles. The summed E-state index contributed by atoms with van der Waals surface area (Å²) in [6.07, 6.45) is 6.80. The van der Waals surface area contributed by atoms with Gasteiger partial charge in [-0.1, -0.05) is 29.8 Å². The maximum absolute atomic E-state index is 4.41. The molecule has 1 heterocycles. The van der Waals surface area contributed by atoms with E-state index in [1.54, 1.807) is 6.20 Å². The average Bonchev–Trinajstić information content (AvgIpc) is 2.58. The van der Waals surface area contributed by atoms with Gasteiger partial charge in [0.2, 0.25) is 0 Å². The van der Waals surface area contributed by atoms with Crippen LogP contribution in [-0.2, 0) is 0 Å². The second-order valence-corrected chi connectivity index (χ2v) is 7.23. The van der Waals surface area contributed by atoms with Gasteiger partial charge in [-0.05, 0) is 57.0 Å². The Hall–Kier alpha value is -1.13. The molecule has 1 aromatic heterocycles. The Labute approximate surface area is 147 Å². The molecule has 1 radical (unpaired) electrons. The number of anilines is 1. The molecule has 0 amide bonds. The lowest BCUT2D eigenvalue weighted by atomic mass is 9.90. The quantitative estimate of drug-likeness (QED) is 0.809. The molecule has 1 saturated carbocycles. The van der Waals surface area contributed by atoms with Crippen molar-refractivity contribution in [2.75, 3.05) is 18.4 Å². The lowest BCUT2D eigenvalue weighted by molar-refractivity contribution is 0.167. The fourth-order valence-corrected chi connectivity index (χ4v) is 4.08. The molecule has 0 unspecified atom stereocenters. The van der Waals surface area contributed by atoms with E-state index in [9.17, 15) is 0 Å². The summed E-state index contributed by atoms with van der Waals surface area (Å²) in [5, 5.41) is 4.86. The summed E-state index contributed by atoms with van der Waals surface area (Å²) in [5.74, 6) is 0. The molecular formula is C19H25BrN3. The molecule has 1 N–H and O–H groups in total. The van der Waals surface area contributed by atoms with E-state index >= 15 is 0 Å². The van der Waals surface area contributed by atoms with Crippen LogP contribution in [0.3, 0.4) is 0 Å². The lowest BCUT2D eigenvalue weighted by Crippen LogP contribution is -2.40. The van der Waals surface area contributed by atoms with E-state index in [0.717, 1.165) is 40.2 Å². The molecule has 3 nitrogen and oxygen atoms in total. The first-order chi connectivity index (χ1) is 11.2. The molecule has 0 saturated heterocycles. The van der Waals surface area contributed by atoms with E-state index in [2.05, 4.69) is 63.2 Å². The van der Waals surface area contributed by atoms with Gasteiger partial charge in [0.1, 0.15) is 0 Å². The van der Waals surface area contributed by atoms with Crippen LogP contribution in [0.4, 0.5) is 5.69 Å². The average molecular weight is 375 g/mol. The van der Waals surface area contributed by atoms with Crippen LogP contribution in [0.1, 0.15) is 39.5 Å². The van der Waals surface area contributed by atoms with Gasteiger partial charge in [-0.2, -0.15) is 0 Å². The van der Waals surface area contributed by atoms with Gasteiger partial charge in [0, 0.05) is 34.2 Å². The van der Waals surface area contributed by atoms with Crippen LogP contribution < -0.4 is 5.32 Å². The Morgan fingerprint density at radius 2 is 1.96 bits per heavy atom. The van der Waals surface area contributed by atoms with Crippen LogP contribution in [0.15, 0.2) is 28.9 Å². The molecule has 23 heavy (non-hydrogen) atoms. The number of pyridine rings is 1. The van der Waals surface area contributed by atoms with Crippen molar-refractivity contribution in [3.8, 4) is 0 Å². The Morgan fingerprint density at radius 1 is 1.22 bits per heavy atom. The zero-order chi connectivity index (χ0) is 16.2. The number of halogens is 1. The van der Waals surface area contributed by atoms with Gasteiger partial charge in [-0.15, -0.1) is 0 Å². The fourth-order valence-electron chi connectivity index (χ4n) is 3.71. The van der Waals surface area contributed by atoms with E-state index in [1.165, 1.54) is 25.7 Å². The largest absolute Gasteiger partial charge is 0.381 e. The molecule has 4 heteroatoms. The van der Waals surface area contributed by atoms with Crippen LogP contribution >= 0.6 is 15.9 Å². The van der Waals surface area contributed by atoms with Gasteiger partial charge < -0.3 is 10.2 Å². The normalized spacial score (nSPS) is 21.7. The maximum Gasteiger partial charge on any atom is 0.0724 e. The van der Waals surface area contributed by atoms with Crippen molar-refractivity contribution in [1.82, 2.24) is 9.88 Å². The maximum atomic E-state index is 4.41. The molecule has 0 atom stereocenters. The number of aromatic nitrogens is 1. The summed E-state index contributed by atoms with van der Waals surface area (Å²) in [6.45, 7) is 6.86. The zero-order valence-electron chi connectivity index (χ0n) is 14.0. The van der Waals surface area contributed by atoms with Crippen molar-refractivity contribution in [3.05, 3.63) is 34.9 Å². The molecule has 1 aliphatic carbocycles. The predicted molar refractivity (Wildman–Crippen MR) is 101 cm³/mol. The molecule has 2 aromatic rings. The molecular weight excluding hydrogens is 350 g/mol. The summed E-state index contributed by atoms with van der Waals surface area (Å²) >= 11 is 3.56. The first-order valence-corrected chi connectivity index (χ1v) is 9.47. The highest BCUT2D eigenvalue weighted by Crippen LogP contribution is 2.29. The van der Waals surface area contributed by atoms with Gasteiger partial charge in [-0.3, -0.25) is 4.98 Å². The van der Waals surface area contributed by atoms with Gasteiger partial charge in [0.15, 0.2) is 0 Å². The summed E-state index contributed by atoms with van der Waals surface area (Å²) in [7, 11) is 0. The molecule has 3 rings (SSSR count). The van der Waals surface area contributed by atoms with Gasteiger partial charge in [0.05, 0.1) is 11.2 Å². The minimum absolute atomic E-state index is 0.544. The molecule has 1 fully saturated rings. The SMILES string of the molecule is CCN(CC)C1CCC(Nc2[c]cnc3ccc(Br)cc23)CC1. The van der Waals surface area contributed by atoms with Crippen LogP contribution in [0.25, 0.3) is 10.9 Å². The fraction of sp³-hybridized carbons (Fsp3) is 0.526. The van der Waals surface area contributed by atoms with E-state index in [1.807, 2.05) is 6.07 Å². The number of fused-ring (bicyclic) bond motifs is 1. The summed E-state index contributed by atoms with van der Waals surface area (Å²) in [4.78, 5) is 7.01. The van der Waals surface area contributed by atoms with Crippen LogP contribution in [0.5, 0.6) is 0 Å². The van der Waals surface area contributed by atoms with E-state index in [4.69, 9.17) is 0 Å². The lowest BCUT2D eigenvalue weighted by Gasteiger charge is -2.36. The highest BCUT2D eigenvalue weighted by Gasteiger charge is 2.24. The molecule has 123 valence electrons. The Bertz CT molecular complexity index is 646. The van der Waals surface area contributed by atoms with Crippen molar-refractivity contribution in [1.29, 1.82) is 0 Å². The molecule has 0 bridgehead atoms. The first kappa shape index (κ1) is 16.7. The van der Waals surface area contributed by atoms with Crippen molar-refractivity contribution in [2.24, 2.45) is 0 Å². The summed E-state index contributed by atoms with van der Waals surface area (Å²) < 4.78 is 1.08. The summed E-state index contributed by atoms with van der Waals surface area (Å²) in [5.41, 5.74) is 2.11. The number of nitrogens with one attached hydrogen (secondary N) is 1. The van der Waals surface area contributed by atoms with Crippen molar-refractivity contribution in [3.63, 3.8) is 0 Å². The Morgan fingerprint density at radius 3 is 2.65 bits per heavy atom. The molecule has 1 aliphatic rings. The predicted octanol–water partition coefficient (Wildman–Crippen LogP) is 4.86. The number of hydrogen-bond acceptors (Lipinski definition) is 3. The third kappa shape index (κ3) is 3.86. The zero-order valence-corrected chi connectivity index (χ0v) is 15.6. The second kappa shape index (κ2) is 7.63. The van der Waals surface area contributed by atoms with Crippen molar-refractivity contribution < 1.29 is 0 Å². The van der Waals surface area contributed by atoms with Gasteiger partial charge in [0.25, 0.3) is 0 Å². The second-order valence-electron chi connectivity index (χ2n) is 6.31. The van der Waals surface area contributed by atoms with Crippen molar-refractivity contribution >= 4 is 32.5 Å².